The number of anilines is 1. The lowest BCUT2D eigenvalue weighted by Gasteiger charge is -2.11. The van der Waals surface area contributed by atoms with E-state index in [0.29, 0.717) is 0 Å². The fourth-order valence-corrected chi connectivity index (χ4v) is 2.31. The maximum atomic E-state index is 12.0. The number of pyridine rings is 1. The number of amides is 1. The number of carbonyl (C=O) groups excluding carboxylic acids is 1. The predicted octanol–water partition coefficient (Wildman–Crippen LogP) is 3.51. The SMILES string of the molecule is Cc1cc(NCCc2cccc(C(=O)N(C)C)c2)ncc1Br. The minimum absolute atomic E-state index is 0.0278. The van der Waals surface area contributed by atoms with Crippen LogP contribution < -0.4 is 5.32 Å². The molecule has 2 aromatic rings. The van der Waals surface area contributed by atoms with Crippen LogP contribution in [0.5, 0.6) is 0 Å². The Labute approximate surface area is 139 Å². The van der Waals surface area contributed by atoms with E-state index in [1.807, 2.05) is 37.3 Å². The van der Waals surface area contributed by atoms with Crippen LogP contribution in [0, 0.1) is 6.92 Å². The van der Waals surface area contributed by atoms with Gasteiger partial charge in [0.2, 0.25) is 0 Å². The minimum Gasteiger partial charge on any atom is -0.370 e. The van der Waals surface area contributed by atoms with Crippen LogP contribution in [-0.4, -0.2) is 36.4 Å². The van der Waals surface area contributed by atoms with Crippen LogP contribution in [0.2, 0.25) is 0 Å². The average Bonchev–Trinajstić information content (AvgIpc) is 2.50. The number of nitrogens with one attached hydrogen (secondary N) is 1. The second-order valence-corrected chi connectivity index (χ2v) is 6.25. The smallest absolute Gasteiger partial charge is 0.253 e. The van der Waals surface area contributed by atoms with Crippen molar-refractivity contribution in [1.82, 2.24) is 9.88 Å². The van der Waals surface area contributed by atoms with Crippen molar-refractivity contribution in [2.45, 2.75) is 13.3 Å². The summed E-state index contributed by atoms with van der Waals surface area (Å²) in [7, 11) is 3.52. The summed E-state index contributed by atoms with van der Waals surface area (Å²) in [5.74, 6) is 0.890. The number of carbonyl (C=O) groups is 1. The summed E-state index contributed by atoms with van der Waals surface area (Å²) < 4.78 is 1.01. The first kappa shape index (κ1) is 16.5. The van der Waals surface area contributed by atoms with E-state index in [-0.39, 0.29) is 5.91 Å². The number of benzene rings is 1. The van der Waals surface area contributed by atoms with Gasteiger partial charge in [-0.2, -0.15) is 0 Å². The third kappa shape index (κ3) is 4.31. The van der Waals surface area contributed by atoms with E-state index < -0.39 is 0 Å². The summed E-state index contributed by atoms with van der Waals surface area (Å²) in [6, 6.07) is 9.77. The summed E-state index contributed by atoms with van der Waals surface area (Å²) in [6.07, 6.45) is 2.64. The van der Waals surface area contributed by atoms with Gasteiger partial charge in [0.15, 0.2) is 0 Å². The number of hydrogen-bond donors (Lipinski definition) is 1. The van der Waals surface area contributed by atoms with Crippen molar-refractivity contribution in [2.75, 3.05) is 26.0 Å². The summed E-state index contributed by atoms with van der Waals surface area (Å²) in [5, 5.41) is 3.31. The van der Waals surface area contributed by atoms with Gasteiger partial charge in [-0.1, -0.05) is 12.1 Å². The molecule has 0 unspecified atom stereocenters. The Morgan fingerprint density at radius 2 is 2.09 bits per heavy atom. The fraction of sp³-hybridized carbons (Fsp3) is 0.294. The van der Waals surface area contributed by atoms with Crippen molar-refractivity contribution in [3.63, 3.8) is 0 Å². The molecule has 0 fully saturated rings. The van der Waals surface area contributed by atoms with Crippen molar-refractivity contribution in [3.8, 4) is 0 Å². The Hall–Kier alpha value is -1.88. The molecule has 116 valence electrons. The molecule has 1 amide bonds. The van der Waals surface area contributed by atoms with Crippen LogP contribution in [-0.2, 0) is 6.42 Å². The van der Waals surface area contributed by atoms with Gasteiger partial charge in [0, 0.05) is 36.9 Å². The van der Waals surface area contributed by atoms with Crippen LogP contribution in [0.1, 0.15) is 21.5 Å². The van der Waals surface area contributed by atoms with Gasteiger partial charge in [-0.25, -0.2) is 4.98 Å². The first-order valence-corrected chi connectivity index (χ1v) is 7.93. The lowest BCUT2D eigenvalue weighted by Crippen LogP contribution is -2.21. The van der Waals surface area contributed by atoms with Crippen LogP contribution in [0.4, 0.5) is 5.82 Å². The van der Waals surface area contributed by atoms with Crippen molar-refractivity contribution in [1.29, 1.82) is 0 Å². The normalized spacial score (nSPS) is 10.4. The Balaban J connectivity index is 1.95. The number of rotatable bonds is 5. The average molecular weight is 362 g/mol. The highest BCUT2D eigenvalue weighted by Gasteiger charge is 2.08. The molecule has 22 heavy (non-hydrogen) atoms. The Bertz CT molecular complexity index is 671. The molecule has 4 nitrogen and oxygen atoms in total. The number of aryl methyl sites for hydroxylation is 1. The van der Waals surface area contributed by atoms with E-state index in [4.69, 9.17) is 0 Å². The first-order valence-electron chi connectivity index (χ1n) is 7.14. The molecule has 5 heteroatoms. The molecule has 1 aromatic heterocycles. The Morgan fingerprint density at radius 3 is 2.77 bits per heavy atom. The highest BCUT2D eigenvalue weighted by molar-refractivity contribution is 9.10. The molecule has 0 bridgehead atoms. The van der Waals surface area contributed by atoms with Gasteiger partial charge in [-0.05, 0) is 58.6 Å². The Morgan fingerprint density at radius 1 is 1.32 bits per heavy atom. The number of halogens is 1. The van der Waals surface area contributed by atoms with Gasteiger partial charge in [0.1, 0.15) is 5.82 Å². The number of nitrogens with zero attached hydrogens (tertiary/aromatic N) is 2. The van der Waals surface area contributed by atoms with E-state index in [9.17, 15) is 4.79 Å². The van der Waals surface area contributed by atoms with Crippen LogP contribution in [0.15, 0.2) is 41.0 Å². The highest BCUT2D eigenvalue weighted by atomic mass is 79.9. The predicted molar refractivity (Wildman–Crippen MR) is 93.3 cm³/mol. The quantitative estimate of drug-likeness (QED) is 0.886. The molecular weight excluding hydrogens is 342 g/mol. The summed E-state index contributed by atoms with van der Waals surface area (Å²) in [6.45, 7) is 2.81. The van der Waals surface area contributed by atoms with E-state index in [2.05, 4.69) is 26.2 Å². The highest BCUT2D eigenvalue weighted by Crippen LogP contribution is 2.17. The molecule has 1 aromatic carbocycles. The van der Waals surface area contributed by atoms with Crippen molar-refractivity contribution < 1.29 is 4.79 Å². The topological polar surface area (TPSA) is 45.2 Å². The maximum absolute atomic E-state index is 12.0. The molecule has 1 N–H and O–H groups in total. The zero-order valence-electron chi connectivity index (χ0n) is 13.1. The number of aromatic nitrogens is 1. The largest absolute Gasteiger partial charge is 0.370 e. The molecule has 0 aliphatic rings. The van der Waals surface area contributed by atoms with E-state index in [0.717, 1.165) is 39.9 Å². The molecule has 0 aliphatic carbocycles. The third-order valence-electron chi connectivity index (χ3n) is 3.35. The van der Waals surface area contributed by atoms with Crippen LogP contribution in [0.25, 0.3) is 0 Å². The van der Waals surface area contributed by atoms with Gasteiger partial charge < -0.3 is 10.2 Å². The fourth-order valence-electron chi connectivity index (χ4n) is 2.09. The minimum atomic E-state index is 0.0278. The lowest BCUT2D eigenvalue weighted by molar-refractivity contribution is 0.0827. The number of hydrogen-bond acceptors (Lipinski definition) is 3. The van der Waals surface area contributed by atoms with Crippen molar-refractivity contribution in [3.05, 3.63) is 57.7 Å². The van der Waals surface area contributed by atoms with Gasteiger partial charge >= 0.3 is 0 Å². The molecule has 0 saturated carbocycles. The Kier molecular flexibility index (Phi) is 5.55. The van der Waals surface area contributed by atoms with E-state index in [1.165, 1.54) is 0 Å². The summed E-state index contributed by atoms with van der Waals surface area (Å²) in [4.78, 5) is 17.9. The molecule has 0 radical (unpaired) electrons. The van der Waals surface area contributed by atoms with Crippen molar-refractivity contribution in [2.24, 2.45) is 0 Å². The zero-order valence-corrected chi connectivity index (χ0v) is 14.6. The zero-order chi connectivity index (χ0) is 16.1. The first-order chi connectivity index (χ1) is 10.5. The molecule has 1 heterocycles. The van der Waals surface area contributed by atoms with Crippen LogP contribution >= 0.6 is 15.9 Å². The van der Waals surface area contributed by atoms with Gasteiger partial charge in [-0.3, -0.25) is 4.79 Å². The maximum Gasteiger partial charge on any atom is 0.253 e. The van der Waals surface area contributed by atoms with Gasteiger partial charge in [0.25, 0.3) is 5.91 Å². The van der Waals surface area contributed by atoms with Crippen LogP contribution in [0.3, 0.4) is 0 Å². The molecular formula is C17H20BrN3O. The molecule has 2 rings (SSSR count). The van der Waals surface area contributed by atoms with E-state index >= 15 is 0 Å². The third-order valence-corrected chi connectivity index (χ3v) is 4.18. The second-order valence-electron chi connectivity index (χ2n) is 5.40. The standard InChI is InChI=1S/C17H20BrN3O/c1-12-9-16(20-11-15(12)18)19-8-7-13-5-4-6-14(10-13)17(22)21(2)3/h4-6,9-11H,7-8H2,1-3H3,(H,19,20). The molecule has 0 aliphatic heterocycles. The van der Waals surface area contributed by atoms with Gasteiger partial charge in [0.05, 0.1) is 0 Å². The molecule has 0 spiro atoms. The van der Waals surface area contributed by atoms with Crippen molar-refractivity contribution >= 4 is 27.7 Å². The monoisotopic (exact) mass is 361 g/mol. The van der Waals surface area contributed by atoms with E-state index in [1.54, 1.807) is 25.2 Å². The lowest BCUT2D eigenvalue weighted by atomic mass is 10.1. The molecule has 0 saturated heterocycles. The van der Waals surface area contributed by atoms with Gasteiger partial charge in [-0.15, -0.1) is 0 Å². The summed E-state index contributed by atoms with van der Waals surface area (Å²) in [5.41, 5.74) is 3.00. The summed E-state index contributed by atoms with van der Waals surface area (Å²) >= 11 is 3.44. The molecule has 0 atom stereocenters. The second kappa shape index (κ2) is 7.40.